The molecule has 3 aromatic rings. The van der Waals surface area contributed by atoms with Crippen LogP contribution >= 0.6 is 0 Å². The Hall–Kier alpha value is -2.98. The van der Waals surface area contributed by atoms with Crippen molar-refractivity contribution < 1.29 is 9.53 Å². The molecule has 4 heteroatoms. The number of carbonyl (C=O) groups excluding carboxylic acids is 1. The van der Waals surface area contributed by atoms with Gasteiger partial charge in [-0.15, -0.1) is 0 Å². The number of rotatable bonds is 4. The number of amides is 1. The number of hydrogen-bond acceptors (Lipinski definition) is 3. The third-order valence-corrected chi connectivity index (χ3v) is 4.61. The Kier molecular flexibility index (Phi) is 4.75. The van der Waals surface area contributed by atoms with Crippen LogP contribution in [0.15, 0.2) is 72.9 Å². The van der Waals surface area contributed by atoms with Gasteiger partial charge in [-0.3, -0.25) is 4.79 Å². The number of carbonyl (C=O) groups is 1. The van der Waals surface area contributed by atoms with Crippen LogP contribution < -0.4 is 5.32 Å². The molecule has 1 aliphatic rings. The second-order valence-electron chi connectivity index (χ2n) is 6.43. The molecule has 0 radical (unpaired) electrons. The van der Waals surface area contributed by atoms with Gasteiger partial charge in [0.15, 0.2) is 0 Å². The molecule has 1 N–H and O–H groups in total. The third kappa shape index (κ3) is 3.65. The fraction of sp³-hybridized carbons (Fsp3) is 0.182. The highest BCUT2D eigenvalue weighted by Crippen LogP contribution is 2.27. The minimum Gasteiger partial charge on any atom is -0.381 e. The second kappa shape index (κ2) is 7.50. The number of nitrogens with one attached hydrogen (secondary N) is 1. The predicted octanol–water partition coefficient (Wildman–Crippen LogP) is 4.39. The Morgan fingerprint density at radius 3 is 2.42 bits per heavy atom. The minimum atomic E-state index is -0.0816. The average molecular weight is 344 g/mol. The summed E-state index contributed by atoms with van der Waals surface area (Å²) in [5.74, 6) is 0.469. The first-order chi connectivity index (χ1) is 12.8. The third-order valence-electron chi connectivity index (χ3n) is 4.61. The fourth-order valence-corrected chi connectivity index (χ4v) is 3.16. The van der Waals surface area contributed by atoms with Gasteiger partial charge in [0.25, 0.3) is 0 Å². The van der Waals surface area contributed by atoms with Crippen molar-refractivity contribution in [1.29, 1.82) is 0 Å². The Bertz CT molecular complexity index is 903. The molecule has 1 unspecified atom stereocenters. The predicted molar refractivity (Wildman–Crippen MR) is 103 cm³/mol. The summed E-state index contributed by atoms with van der Waals surface area (Å²) in [5.41, 5.74) is 4.45. The number of hydrogen-bond donors (Lipinski definition) is 1. The van der Waals surface area contributed by atoms with Gasteiger partial charge in [-0.05, 0) is 46.9 Å². The van der Waals surface area contributed by atoms with E-state index in [1.165, 1.54) is 5.56 Å². The average Bonchev–Trinajstić information content (AvgIpc) is 3.24. The van der Waals surface area contributed by atoms with E-state index in [1.54, 1.807) is 6.20 Å². The van der Waals surface area contributed by atoms with Gasteiger partial charge in [-0.25, -0.2) is 4.98 Å². The molecule has 1 saturated heterocycles. The van der Waals surface area contributed by atoms with Crippen molar-refractivity contribution in [2.24, 2.45) is 5.92 Å². The molecule has 0 saturated carbocycles. The summed E-state index contributed by atoms with van der Waals surface area (Å²) in [6.07, 6.45) is 2.50. The maximum atomic E-state index is 12.3. The molecular weight excluding hydrogens is 324 g/mol. The van der Waals surface area contributed by atoms with E-state index in [0.717, 1.165) is 23.1 Å². The number of nitrogens with zero attached hydrogens (tertiary/aromatic N) is 1. The molecule has 0 spiro atoms. The van der Waals surface area contributed by atoms with E-state index in [4.69, 9.17) is 4.74 Å². The van der Waals surface area contributed by atoms with E-state index in [2.05, 4.69) is 40.6 Å². The summed E-state index contributed by atoms with van der Waals surface area (Å²) in [6, 6.07) is 22.5. The number of pyridine rings is 1. The van der Waals surface area contributed by atoms with Crippen LogP contribution in [0.25, 0.3) is 22.3 Å². The standard InChI is InChI=1S/C22H20N2O2/c25-22(20-10-12-26-15-20)24-21-14-19(9-11-23-21)18-8-4-7-17(13-18)16-5-2-1-3-6-16/h1-9,11,13-14,20H,10,12,15H2,(H,23,24,25). The molecule has 1 aromatic heterocycles. The van der Waals surface area contributed by atoms with Crippen molar-refractivity contribution in [3.8, 4) is 22.3 Å². The maximum absolute atomic E-state index is 12.3. The molecule has 4 rings (SSSR count). The molecule has 1 atom stereocenters. The Morgan fingerprint density at radius 2 is 1.65 bits per heavy atom. The minimum absolute atomic E-state index is 0.0230. The lowest BCUT2D eigenvalue weighted by molar-refractivity contribution is -0.119. The first-order valence-electron chi connectivity index (χ1n) is 8.80. The Morgan fingerprint density at radius 1 is 0.923 bits per heavy atom. The summed E-state index contributed by atoms with van der Waals surface area (Å²) in [4.78, 5) is 16.6. The first kappa shape index (κ1) is 16.5. The van der Waals surface area contributed by atoms with E-state index in [-0.39, 0.29) is 11.8 Å². The van der Waals surface area contributed by atoms with Crippen LogP contribution in [0.5, 0.6) is 0 Å². The van der Waals surface area contributed by atoms with Gasteiger partial charge >= 0.3 is 0 Å². The van der Waals surface area contributed by atoms with Gasteiger partial charge in [-0.2, -0.15) is 0 Å². The number of benzene rings is 2. The zero-order chi connectivity index (χ0) is 17.8. The van der Waals surface area contributed by atoms with E-state index >= 15 is 0 Å². The normalized spacial score (nSPS) is 16.4. The van der Waals surface area contributed by atoms with E-state index in [1.807, 2.05) is 36.4 Å². The van der Waals surface area contributed by atoms with E-state index < -0.39 is 0 Å². The van der Waals surface area contributed by atoms with Crippen molar-refractivity contribution in [2.45, 2.75) is 6.42 Å². The monoisotopic (exact) mass is 344 g/mol. The molecule has 2 aromatic carbocycles. The largest absolute Gasteiger partial charge is 0.381 e. The van der Waals surface area contributed by atoms with Crippen molar-refractivity contribution in [1.82, 2.24) is 4.98 Å². The summed E-state index contributed by atoms with van der Waals surface area (Å²) in [6.45, 7) is 1.14. The molecule has 0 aliphatic carbocycles. The molecule has 1 fully saturated rings. The number of aromatic nitrogens is 1. The zero-order valence-corrected chi connectivity index (χ0v) is 14.4. The second-order valence-corrected chi connectivity index (χ2v) is 6.43. The quantitative estimate of drug-likeness (QED) is 0.764. The zero-order valence-electron chi connectivity index (χ0n) is 14.4. The first-order valence-corrected chi connectivity index (χ1v) is 8.80. The summed E-state index contributed by atoms with van der Waals surface area (Å²) >= 11 is 0. The summed E-state index contributed by atoms with van der Waals surface area (Å²) in [5, 5.41) is 2.91. The SMILES string of the molecule is O=C(Nc1cc(-c2cccc(-c3ccccc3)c2)ccn1)C1CCOC1. The molecular formula is C22H20N2O2. The van der Waals surface area contributed by atoms with Crippen LogP contribution in [0, 0.1) is 5.92 Å². The summed E-state index contributed by atoms with van der Waals surface area (Å²) < 4.78 is 5.28. The van der Waals surface area contributed by atoms with Gasteiger partial charge in [0.1, 0.15) is 5.82 Å². The molecule has 2 heterocycles. The molecule has 1 amide bonds. The molecule has 0 bridgehead atoms. The Balaban J connectivity index is 1.57. The van der Waals surface area contributed by atoms with E-state index in [9.17, 15) is 4.79 Å². The number of ether oxygens (including phenoxy) is 1. The highest BCUT2D eigenvalue weighted by molar-refractivity contribution is 5.92. The lowest BCUT2D eigenvalue weighted by atomic mass is 9.99. The fourth-order valence-electron chi connectivity index (χ4n) is 3.16. The van der Waals surface area contributed by atoms with Crippen LogP contribution in [0.4, 0.5) is 5.82 Å². The lowest BCUT2D eigenvalue weighted by Gasteiger charge is -2.10. The van der Waals surface area contributed by atoms with Gasteiger partial charge < -0.3 is 10.1 Å². The Labute approximate surface area is 152 Å². The highest BCUT2D eigenvalue weighted by atomic mass is 16.5. The van der Waals surface area contributed by atoms with Crippen LogP contribution in [0.2, 0.25) is 0 Å². The van der Waals surface area contributed by atoms with Crippen molar-refractivity contribution >= 4 is 11.7 Å². The molecule has 4 nitrogen and oxygen atoms in total. The van der Waals surface area contributed by atoms with E-state index in [0.29, 0.717) is 19.0 Å². The van der Waals surface area contributed by atoms with Crippen LogP contribution in [0.1, 0.15) is 6.42 Å². The van der Waals surface area contributed by atoms with Crippen molar-refractivity contribution in [3.05, 3.63) is 72.9 Å². The van der Waals surface area contributed by atoms with Gasteiger partial charge in [0.2, 0.25) is 5.91 Å². The topological polar surface area (TPSA) is 51.2 Å². The molecule has 1 aliphatic heterocycles. The number of anilines is 1. The molecule has 26 heavy (non-hydrogen) atoms. The highest BCUT2D eigenvalue weighted by Gasteiger charge is 2.23. The smallest absolute Gasteiger partial charge is 0.231 e. The van der Waals surface area contributed by atoms with Crippen LogP contribution in [0.3, 0.4) is 0 Å². The lowest BCUT2D eigenvalue weighted by Crippen LogP contribution is -2.23. The summed E-state index contributed by atoms with van der Waals surface area (Å²) in [7, 11) is 0. The van der Waals surface area contributed by atoms with Crippen LogP contribution in [-0.4, -0.2) is 24.1 Å². The van der Waals surface area contributed by atoms with Crippen LogP contribution in [-0.2, 0) is 9.53 Å². The van der Waals surface area contributed by atoms with Gasteiger partial charge in [-0.1, -0.05) is 48.5 Å². The van der Waals surface area contributed by atoms with Gasteiger partial charge in [0, 0.05) is 12.8 Å². The maximum Gasteiger partial charge on any atom is 0.231 e. The van der Waals surface area contributed by atoms with Crippen molar-refractivity contribution in [3.63, 3.8) is 0 Å². The van der Waals surface area contributed by atoms with Gasteiger partial charge in [0.05, 0.1) is 12.5 Å². The molecule has 130 valence electrons. The van der Waals surface area contributed by atoms with Crippen molar-refractivity contribution in [2.75, 3.05) is 18.5 Å².